The fourth-order valence-corrected chi connectivity index (χ4v) is 5.28. The maximum Gasteiger partial charge on any atom is 0.416 e. The van der Waals surface area contributed by atoms with E-state index in [4.69, 9.17) is 4.74 Å². The zero-order chi connectivity index (χ0) is 26.0. The molecule has 2 aliphatic rings. The maximum absolute atomic E-state index is 13.2. The molecule has 1 N–H and O–H groups in total. The average Bonchev–Trinajstić information content (AvgIpc) is 3.30. The highest BCUT2D eigenvalue weighted by Gasteiger charge is 2.44. The Hall–Kier alpha value is -2.29. The number of rotatable bonds is 7. The zero-order valence-corrected chi connectivity index (χ0v) is 21.3. The molecule has 1 saturated carbocycles. The molecule has 0 radical (unpaired) electrons. The number of likely N-dealkylation sites (tertiary alicyclic amines) is 1. The second-order valence-corrected chi connectivity index (χ2v) is 10.9. The van der Waals surface area contributed by atoms with Crippen LogP contribution in [0.4, 0.5) is 18.0 Å². The third kappa shape index (κ3) is 7.12. The van der Waals surface area contributed by atoms with Crippen LogP contribution >= 0.6 is 0 Å². The van der Waals surface area contributed by atoms with Gasteiger partial charge in [-0.3, -0.25) is 14.6 Å². The number of likely N-dealkylation sites (N-methyl/N-ethyl adjacent to an activating group) is 1. The van der Waals surface area contributed by atoms with Crippen molar-refractivity contribution in [3.8, 4) is 0 Å². The number of halogens is 3. The summed E-state index contributed by atoms with van der Waals surface area (Å²) in [5.74, 6) is 0.473. The molecular formula is C26H38F3N3O3. The SMILES string of the molecule is CCC[C@@H](C(=O)N[C@H]1CC[C@@H]2CN(Cc3cccc(C(F)(F)F)c3)C[C@@H]21)N(C)C(=O)OC(C)(C)C. The lowest BCUT2D eigenvalue weighted by molar-refractivity contribution is -0.137. The van der Waals surface area contributed by atoms with Crippen LogP contribution in [0.2, 0.25) is 0 Å². The van der Waals surface area contributed by atoms with Crippen molar-refractivity contribution < 1.29 is 27.5 Å². The molecule has 35 heavy (non-hydrogen) atoms. The van der Waals surface area contributed by atoms with Gasteiger partial charge in [-0.25, -0.2) is 4.79 Å². The van der Waals surface area contributed by atoms with Gasteiger partial charge in [-0.1, -0.05) is 31.5 Å². The van der Waals surface area contributed by atoms with Gasteiger partial charge in [0.05, 0.1) is 5.56 Å². The topological polar surface area (TPSA) is 61.9 Å². The summed E-state index contributed by atoms with van der Waals surface area (Å²) in [6.45, 7) is 9.33. The van der Waals surface area contributed by atoms with Crippen molar-refractivity contribution in [1.29, 1.82) is 0 Å². The Morgan fingerprint density at radius 3 is 2.54 bits per heavy atom. The second-order valence-electron chi connectivity index (χ2n) is 10.9. The fraction of sp³-hybridized carbons (Fsp3) is 0.692. The molecule has 196 valence electrons. The number of benzene rings is 1. The van der Waals surface area contributed by atoms with Crippen molar-refractivity contribution in [1.82, 2.24) is 15.1 Å². The molecule has 6 nitrogen and oxygen atoms in total. The van der Waals surface area contributed by atoms with E-state index in [1.54, 1.807) is 33.9 Å². The lowest BCUT2D eigenvalue weighted by Gasteiger charge is -2.31. The molecule has 0 spiro atoms. The summed E-state index contributed by atoms with van der Waals surface area (Å²) in [7, 11) is 1.60. The number of ether oxygens (including phenoxy) is 1. The Kier molecular flexibility index (Phi) is 8.40. The first-order chi connectivity index (χ1) is 16.3. The minimum atomic E-state index is -4.35. The quantitative estimate of drug-likeness (QED) is 0.572. The van der Waals surface area contributed by atoms with Gasteiger partial charge in [0.15, 0.2) is 0 Å². The number of carbonyl (C=O) groups is 2. The van der Waals surface area contributed by atoms with Crippen LogP contribution in [0.1, 0.15) is 64.5 Å². The number of alkyl halides is 3. The van der Waals surface area contributed by atoms with Gasteiger partial charge < -0.3 is 10.1 Å². The zero-order valence-electron chi connectivity index (χ0n) is 21.3. The first-order valence-corrected chi connectivity index (χ1v) is 12.4. The predicted octanol–water partition coefficient (Wildman–Crippen LogP) is 5.07. The summed E-state index contributed by atoms with van der Waals surface area (Å²) >= 11 is 0. The highest BCUT2D eigenvalue weighted by Crippen LogP contribution is 2.39. The average molecular weight is 498 g/mol. The Morgan fingerprint density at radius 2 is 1.91 bits per heavy atom. The number of amides is 2. The van der Waals surface area contributed by atoms with Gasteiger partial charge in [0.2, 0.25) is 5.91 Å². The van der Waals surface area contributed by atoms with Crippen LogP contribution in [-0.4, -0.2) is 59.6 Å². The van der Waals surface area contributed by atoms with E-state index < -0.39 is 29.5 Å². The molecule has 1 aliphatic heterocycles. The minimum absolute atomic E-state index is 0.00889. The summed E-state index contributed by atoms with van der Waals surface area (Å²) in [4.78, 5) is 29.3. The number of hydrogen-bond acceptors (Lipinski definition) is 4. The van der Waals surface area contributed by atoms with E-state index in [9.17, 15) is 22.8 Å². The molecule has 1 aromatic rings. The number of nitrogens with zero attached hydrogens (tertiary/aromatic N) is 2. The fourth-order valence-electron chi connectivity index (χ4n) is 5.28. The van der Waals surface area contributed by atoms with E-state index in [2.05, 4.69) is 10.2 Å². The van der Waals surface area contributed by atoms with E-state index in [0.29, 0.717) is 24.4 Å². The van der Waals surface area contributed by atoms with E-state index >= 15 is 0 Å². The van der Waals surface area contributed by atoms with Gasteiger partial charge in [0, 0.05) is 32.7 Å². The van der Waals surface area contributed by atoms with Gasteiger partial charge in [-0.05, 0) is 63.5 Å². The molecule has 1 aliphatic carbocycles. The molecule has 4 atom stereocenters. The molecule has 0 unspecified atom stereocenters. The van der Waals surface area contributed by atoms with Crippen LogP contribution in [0.15, 0.2) is 24.3 Å². The molecular weight excluding hydrogens is 459 g/mol. The van der Waals surface area contributed by atoms with Gasteiger partial charge in [-0.2, -0.15) is 13.2 Å². The van der Waals surface area contributed by atoms with Crippen molar-refractivity contribution >= 4 is 12.0 Å². The van der Waals surface area contributed by atoms with Crippen LogP contribution in [-0.2, 0) is 22.3 Å². The Labute approximate surface area is 206 Å². The van der Waals surface area contributed by atoms with Gasteiger partial charge in [0.25, 0.3) is 0 Å². The molecule has 0 bridgehead atoms. The second kappa shape index (κ2) is 10.8. The van der Waals surface area contributed by atoms with Crippen molar-refractivity contribution in [3.63, 3.8) is 0 Å². The summed E-state index contributed by atoms with van der Waals surface area (Å²) in [5, 5.41) is 3.18. The monoisotopic (exact) mass is 497 g/mol. The third-order valence-electron chi connectivity index (χ3n) is 6.93. The predicted molar refractivity (Wildman–Crippen MR) is 128 cm³/mol. The van der Waals surface area contributed by atoms with Crippen LogP contribution in [0, 0.1) is 11.8 Å². The first-order valence-electron chi connectivity index (χ1n) is 12.4. The van der Waals surface area contributed by atoms with Crippen molar-refractivity contribution in [2.24, 2.45) is 11.8 Å². The summed E-state index contributed by atoms with van der Waals surface area (Å²) in [6.07, 6.45) is -1.77. The number of hydrogen-bond donors (Lipinski definition) is 1. The van der Waals surface area contributed by atoms with E-state index in [1.165, 1.54) is 17.0 Å². The lowest BCUT2D eigenvalue weighted by Crippen LogP contribution is -2.52. The molecule has 1 aromatic carbocycles. The maximum atomic E-state index is 13.2. The third-order valence-corrected chi connectivity index (χ3v) is 6.93. The van der Waals surface area contributed by atoms with Crippen LogP contribution in [0.5, 0.6) is 0 Å². The molecule has 9 heteroatoms. The smallest absolute Gasteiger partial charge is 0.416 e. The molecule has 0 aromatic heterocycles. The van der Waals surface area contributed by atoms with E-state index in [0.717, 1.165) is 38.4 Å². The van der Waals surface area contributed by atoms with Crippen molar-refractivity contribution in [2.45, 2.75) is 83.8 Å². The highest BCUT2D eigenvalue weighted by atomic mass is 19.4. The standard InChI is InChI=1S/C26H38F3N3O3/c1-6-8-22(31(5)24(34)35-25(2,3)4)23(33)30-21-12-11-18-15-32(16-20(18)21)14-17-9-7-10-19(13-17)26(27,28)29/h7,9-10,13,18,20-22H,6,8,11-12,14-16H2,1-5H3,(H,30,33)/t18-,20+,21+,22+/m1/s1. The van der Waals surface area contributed by atoms with Crippen molar-refractivity contribution in [3.05, 3.63) is 35.4 Å². The normalized spacial score (nSPS) is 23.6. The molecule has 2 fully saturated rings. The van der Waals surface area contributed by atoms with Crippen LogP contribution in [0.3, 0.4) is 0 Å². The molecule has 1 saturated heterocycles. The Bertz CT molecular complexity index is 900. The Morgan fingerprint density at radius 1 is 1.20 bits per heavy atom. The van der Waals surface area contributed by atoms with Crippen molar-refractivity contribution in [2.75, 3.05) is 20.1 Å². The lowest BCUT2D eigenvalue weighted by atomic mass is 9.97. The largest absolute Gasteiger partial charge is 0.444 e. The van der Waals surface area contributed by atoms with E-state index in [-0.39, 0.29) is 17.9 Å². The first kappa shape index (κ1) is 27.3. The highest BCUT2D eigenvalue weighted by molar-refractivity contribution is 5.85. The minimum Gasteiger partial charge on any atom is -0.444 e. The molecule has 2 amide bonds. The summed E-state index contributed by atoms with van der Waals surface area (Å²) in [5.41, 5.74) is -0.637. The summed E-state index contributed by atoms with van der Waals surface area (Å²) < 4.78 is 44.6. The van der Waals surface area contributed by atoms with Gasteiger partial charge in [-0.15, -0.1) is 0 Å². The molecule has 1 heterocycles. The van der Waals surface area contributed by atoms with Crippen LogP contribution in [0.25, 0.3) is 0 Å². The number of nitrogens with one attached hydrogen (secondary N) is 1. The number of carbonyl (C=O) groups excluding carboxylic acids is 2. The van der Waals surface area contributed by atoms with Gasteiger partial charge >= 0.3 is 12.3 Å². The van der Waals surface area contributed by atoms with Gasteiger partial charge in [0.1, 0.15) is 11.6 Å². The van der Waals surface area contributed by atoms with E-state index in [1.807, 2.05) is 6.92 Å². The molecule has 3 rings (SSSR count). The van der Waals surface area contributed by atoms with Crippen LogP contribution < -0.4 is 5.32 Å². The number of fused-ring (bicyclic) bond motifs is 1. The summed E-state index contributed by atoms with van der Waals surface area (Å²) in [6, 6.07) is 4.86. The Balaban J connectivity index is 1.61.